The summed E-state index contributed by atoms with van der Waals surface area (Å²) >= 11 is 0. The molecule has 1 heterocycles. The fourth-order valence-corrected chi connectivity index (χ4v) is 1.89. The van der Waals surface area contributed by atoms with E-state index in [2.05, 4.69) is 0 Å². The zero-order valence-electron chi connectivity index (χ0n) is 11.6. The quantitative estimate of drug-likeness (QED) is 0.853. The van der Waals surface area contributed by atoms with Gasteiger partial charge in [-0.25, -0.2) is 8.78 Å². The first kappa shape index (κ1) is 15.5. The number of hydrogen-bond acceptors (Lipinski definition) is 4. The molecule has 0 saturated heterocycles. The average molecular weight is 297 g/mol. The van der Waals surface area contributed by atoms with Crippen LogP contribution in [0, 0.1) is 11.6 Å². The maximum atomic E-state index is 13.1. The molecule has 0 saturated carbocycles. The van der Waals surface area contributed by atoms with Crippen molar-refractivity contribution in [1.82, 2.24) is 0 Å². The second kappa shape index (κ2) is 7.19. The van der Waals surface area contributed by atoms with Crippen LogP contribution >= 0.6 is 0 Å². The van der Waals surface area contributed by atoms with Gasteiger partial charge in [0.15, 0.2) is 11.6 Å². The van der Waals surface area contributed by atoms with Crippen molar-refractivity contribution in [3.8, 4) is 0 Å². The van der Waals surface area contributed by atoms with Gasteiger partial charge in [-0.3, -0.25) is 0 Å². The zero-order chi connectivity index (χ0) is 15.2. The highest BCUT2D eigenvalue weighted by Crippen LogP contribution is 2.17. The lowest BCUT2D eigenvalue weighted by Crippen LogP contribution is -2.32. The second-order valence-corrected chi connectivity index (χ2v) is 4.73. The molecule has 1 atom stereocenters. The maximum absolute atomic E-state index is 13.1. The van der Waals surface area contributed by atoms with E-state index in [9.17, 15) is 13.9 Å². The van der Waals surface area contributed by atoms with Crippen LogP contribution in [-0.4, -0.2) is 31.4 Å². The highest BCUT2D eigenvalue weighted by molar-refractivity contribution is 5.46. The molecule has 0 aliphatic heterocycles. The van der Waals surface area contributed by atoms with Crippen LogP contribution < -0.4 is 4.90 Å². The van der Waals surface area contributed by atoms with E-state index in [-0.39, 0.29) is 19.8 Å². The Morgan fingerprint density at radius 1 is 1.29 bits per heavy atom. The molecular weight excluding hydrogens is 280 g/mol. The molecule has 114 valence electrons. The summed E-state index contributed by atoms with van der Waals surface area (Å²) in [6.45, 7) is 0.636. The number of benzene rings is 1. The minimum absolute atomic E-state index is 0.120. The number of aliphatic hydroxyl groups excluding tert-OH is 1. The average Bonchev–Trinajstić information content (AvgIpc) is 2.95. The van der Waals surface area contributed by atoms with E-state index >= 15 is 0 Å². The molecule has 0 bridgehead atoms. The Bertz CT molecular complexity index is 560. The predicted octanol–water partition coefficient (Wildman–Crippen LogP) is 2.57. The molecule has 1 aromatic carbocycles. The van der Waals surface area contributed by atoms with Gasteiger partial charge in [-0.05, 0) is 24.3 Å². The Kier molecular flexibility index (Phi) is 5.30. The summed E-state index contributed by atoms with van der Waals surface area (Å²) < 4.78 is 36.4. The first-order chi connectivity index (χ1) is 10.1. The molecule has 0 aliphatic carbocycles. The minimum Gasteiger partial charge on any atom is -0.467 e. The van der Waals surface area contributed by atoms with Crippen LogP contribution in [0.5, 0.6) is 0 Å². The molecule has 2 rings (SSSR count). The van der Waals surface area contributed by atoms with Crippen molar-refractivity contribution >= 4 is 5.69 Å². The minimum atomic E-state index is -0.914. The number of hydrogen-bond donors (Lipinski definition) is 1. The fraction of sp³-hybridized carbons (Fsp3) is 0.333. The normalized spacial score (nSPS) is 12.4. The monoisotopic (exact) mass is 297 g/mol. The molecule has 1 aromatic heterocycles. The van der Waals surface area contributed by atoms with Crippen molar-refractivity contribution in [1.29, 1.82) is 0 Å². The van der Waals surface area contributed by atoms with E-state index in [1.165, 1.54) is 6.07 Å². The number of rotatable bonds is 7. The van der Waals surface area contributed by atoms with E-state index in [1.54, 1.807) is 30.3 Å². The molecule has 4 nitrogen and oxygen atoms in total. The Labute approximate surface area is 121 Å². The number of halogens is 2. The zero-order valence-corrected chi connectivity index (χ0v) is 11.6. The van der Waals surface area contributed by atoms with Gasteiger partial charge in [0.2, 0.25) is 0 Å². The molecule has 0 spiro atoms. The molecule has 1 unspecified atom stereocenters. The van der Waals surface area contributed by atoms with E-state index in [4.69, 9.17) is 9.15 Å². The van der Waals surface area contributed by atoms with Crippen LogP contribution in [0.15, 0.2) is 41.0 Å². The van der Waals surface area contributed by atoms with E-state index in [0.29, 0.717) is 11.4 Å². The summed E-state index contributed by atoms with van der Waals surface area (Å²) in [5.74, 6) is -1.13. The molecule has 2 aromatic rings. The van der Waals surface area contributed by atoms with Gasteiger partial charge < -0.3 is 19.2 Å². The Morgan fingerprint density at radius 3 is 2.76 bits per heavy atom. The Balaban J connectivity index is 1.78. The van der Waals surface area contributed by atoms with E-state index in [0.717, 1.165) is 12.1 Å². The lowest BCUT2D eigenvalue weighted by atomic mass is 10.2. The van der Waals surface area contributed by atoms with Crippen molar-refractivity contribution in [3.05, 3.63) is 54.0 Å². The highest BCUT2D eigenvalue weighted by Gasteiger charge is 2.11. The summed E-state index contributed by atoms with van der Waals surface area (Å²) in [6.07, 6.45) is 0.796. The third kappa shape index (κ3) is 4.54. The van der Waals surface area contributed by atoms with E-state index in [1.807, 2.05) is 0 Å². The van der Waals surface area contributed by atoms with Gasteiger partial charge in [0.1, 0.15) is 12.4 Å². The van der Waals surface area contributed by atoms with Crippen molar-refractivity contribution < 1.29 is 23.0 Å². The molecule has 0 amide bonds. The van der Waals surface area contributed by atoms with Crippen LogP contribution in [-0.2, 0) is 11.3 Å². The van der Waals surface area contributed by atoms with Crippen LogP contribution in [0.25, 0.3) is 0 Å². The van der Waals surface area contributed by atoms with Gasteiger partial charge in [-0.15, -0.1) is 0 Å². The van der Waals surface area contributed by atoms with Gasteiger partial charge >= 0.3 is 0 Å². The van der Waals surface area contributed by atoms with Crippen molar-refractivity contribution in [3.63, 3.8) is 0 Å². The predicted molar refractivity (Wildman–Crippen MR) is 74.0 cm³/mol. The molecule has 1 N–H and O–H groups in total. The molecule has 0 radical (unpaired) electrons. The first-order valence-electron chi connectivity index (χ1n) is 6.50. The van der Waals surface area contributed by atoms with Crippen LogP contribution in [0.4, 0.5) is 14.5 Å². The maximum Gasteiger partial charge on any atom is 0.160 e. The van der Waals surface area contributed by atoms with E-state index < -0.39 is 17.7 Å². The summed E-state index contributed by atoms with van der Waals surface area (Å²) in [7, 11) is 1.68. The lowest BCUT2D eigenvalue weighted by Gasteiger charge is -2.22. The van der Waals surface area contributed by atoms with Gasteiger partial charge in [0.05, 0.1) is 19.0 Å². The molecule has 0 fully saturated rings. The van der Waals surface area contributed by atoms with Crippen molar-refractivity contribution in [2.45, 2.75) is 12.7 Å². The summed E-state index contributed by atoms with van der Waals surface area (Å²) in [4.78, 5) is 1.63. The number of likely N-dealkylation sites (N-methyl/N-ethyl adjacent to an activating group) is 1. The third-order valence-electron chi connectivity index (χ3n) is 2.96. The van der Waals surface area contributed by atoms with Crippen LogP contribution in [0.3, 0.4) is 0 Å². The Hall–Kier alpha value is -1.92. The number of aliphatic hydroxyl groups is 1. The SMILES string of the molecule is CN(CC(O)COCc1ccco1)c1ccc(F)c(F)c1. The van der Waals surface area contributed by atoms with Crippen molar-refractivity contribution in [2.75, 3.05) is 25.1 Å². The number of nitrogens with zero attached hydrogens (tertiary/aromatic N) is 1. The molecule has 6 heteroatoms. The second-order valence-electron chi connectivity index (χ2n) is 4.73. The summed E-state index contributed by atoms with van der Waals surface area (Å²) in [5.41, 5.74) is 0.485. The first-order valence-corrected chi connectivity index (χ1v) is 6.50. The van der Waals surface area contributed by atoms with Crippen molar-refractivity contribution in [2.24, 2.45) is 0 Å². The van der Waals surface area contributed by atoms with Gasteiger partial charge in [0, 0.05) is 25.3 Å². The fourth-order valence-electron chi connectivity index (χ4n) is 1.89. The van der Waals surface area contributed by atoms with Gasteiger partial charge in [-0.1, -0.05) is 0 Å². The van der Waals surface area contributed by atoms with Gasteiger partial charge in [0.25, 0.3) is 0 Å². The number of furan rings is 1. The smallest absolute Gasteiger partial charge is 0.160 e. The van der Waals surface area contributed by atoms with Crippen LogP contribution in [0.1, 0.15) is 5.76 Å². The number of ether oxygens (including phenoxy) is 1. The number of anilines is 1. The lowest BCUT2D eigenvalue weighted by molar-refractivity contribution is 0.0260. The molecular formula is C15H17F2NO3. The van der Waals surface area contributed by atoms with Gasteiger partial charge in [-0.2, -0.15) is 0 Å². The topological polar surface area (TPSA) is 45.8 Å². The largest absolute Gasteiger partial charge is 0.467 e. The Morgan fingerprint density at radius 2 is 2.10 bits per heavy atom. The standard InChI is InChI=1S/C15H17F2NO3/c1-18(11-4-5-14(16)15(17)7-11)8-12(19)9-20-10-13-3-2-6-21-13/h2-7,12,19H,8-10H2,1H3. The molecule has 21 heavy (non-hydrogen) atoms. The highest BCUT2D eigenvalue weighted by atomic mass is 19.2. The summed E-state index contributed by atoms with van der Waals surface area (Å²) in [6, 6.07) is 7.13. The molecule has 0 aliphatic rings. The third-order valence-corrected chi connectivity index (χ3v) is 2.96. The summed E-state index contributed by atoms with van der Waals surface area (Å²) in [5, 5.41) is 9.87. The van der Waals surface area contributed by atoms with Crippen LogP contribution in [0.2, 0.25) is 0 Å².